The van der Waals surface area contributed by atoms with Crippen molar-refractivity contribution >= 4 is 33.7 Å². The number of aryl methyl sites for hydroxylation is 2. The van der Waals surface area contributed by atoms with Crippen molar-refractivity contribution in [2.24, 2.45) is 5.10 Å². The summed E-state index contributed by atoms with van der Waals surface area (Å²) >= 11 is 0. The number of hydrogen-bond acceptors (Lipinski definition) is 3. The Morgan fingerprint density at radius 3 is 2.27 bits per heavy atom. The van der Waals surface area contributed by atoms with Gasteiger partial charge in [0.05, 0.1) is 18.5 Å². The largest absolute Gasteiger partial charge is 0.271 e. The number of fused-ring (bicyclic) bond motifs is 2. The molecule has 0 saturated heterocycles. The highest BCUT2D eigenvalue weighted by Gasteiger charge is 2.09. The van der Waals surface area contributed by atoms with Crippen molar-refractivity contribution < 1.29 is 4.79 Å². The molecule has 0 fully saturated rings. The number of carbonyl (C=O) groups is 1. The third-order valence-electron chi connectivity index (χ3n) is 5.80. The first-order valence-corrected chi connectivity index (χ1v) is 10.9. The van der Waals surface area contributed by atoms with Crippen LogP contribution in [0.1, 0.15) is 32.9 Å². The third-order valence-corrected chi connectivity index (χ3v) is 5.80. The first-order chi connectivity index (χ1) is 16.1. The van der Waals surface area contributed by atoms with E-state index in [1.54, 1.807) is 12.3 Å². The average Bonchev–Trinajstić information content (AvgIpc) is 3.14. The smallest absolute Gasteiger partial charge is 0.267 e. The number of carbonyl (C=O) groups excluding carboxylic acids is 1. The van der Waals surface area contributed by atoms with Crippen LogP contribution in [-0.2, 0) is 6.54 Å². The van der Waals surface area contributed by atoms with Gasteiger partial charge in [-0.1, -0.05) is 60.7 Å². The van der Waals surface area contributed by atoms with E-state index in [1.165, 1.54) is 0 Å². The second-order valence-electron chi connectivity index (χ2n) is 8.22. The molecular formula is C28H24N4O. The zero-order chi connectivity index (χ0) is 22.8. The molecule has 1 heterocycles. The molecule has 4 aromatic carbocycles. The zero-order valence-electron chi connectivity index (χ0n) is 18.6. The maximum absolute atomic E-state index is 12.8. The van der Waals surface area contributed by atoms with E-state index < -0.39 is 0 Å². The number of benzene rings is 4. The summed E-state index contributed by atoms with van der Waals surface area (Å²) < 4.78 is 1.94. The Kier molecular flexibility index (Phi) is 5.45. The van der Waals surface area contributed by atoms with Gasteiger partial charge in [0.15, 0.2) is 0 Å². The van der Waals surface area contributed by atoms with Gasteiger partial charge in [-0.25, -0.2) is 5.43 Å². The minimum absolute atomic E-state index is 0.244. The molecule has 0 radical (unpaired) electrons. The maximum atomic E-state index is 12.8. The Morgan fingerprint density at radius 2 is 1.61 bits per heavy atom. The number of hydrazone groups is 1. The van der Waals surface area contributed by atoms with E-state index in [1.807, 2.05) is 67.1 Å². The lowest BCUT2D eigenvalue weighted by atomic mass is 9.97. The fraction of sp³-hybridized carbons (Fsp3) is 0.107. The van der Waals surface area contributed by atoms with Gasteiger partial charge >= 0.3 is 0 Å². The van der Waals surface area contributed by atoms with Crippen LogP contribution in [0, 0.1) is 13.8 Å². The molecule has 5 heteroatoms. The van der Waals surface area contributed by atoms with Gasteiger partial charge in [0.2, 0.25) is 0 Å². The van der Waals surface area contributed by atoms with E-state index in [0.717, 1.165) is 44.1 Å². The molecule has 0 aliphatic heterocycles. The van der Waals surface area contributed by atoms with Crippen molar-refractivity contribution in [3.05, 3.63) is 113 Å². The number of hydrogen-bond donors (Lipinski definition) is 1. The van der Waals surface area contributed by atoms with Crippen LogP contribution in [0.5, 0.6) is 0 Å². The molecule has 0 unspecified atom stereocenters. The second kappa shape index (κ2) is 8.71. The normalized spacial score (nSPS) is 11.5. The molecule has 5 rings (SSSR count). The van der Waals surface area contributed by atoms with Crippen molar-refractivity contribution in [3.8, 4) is 0 Å². The maximum Gasteiger partial charge on any atom is 0.271 e. The van der Waals surface area contributed by atoms with Gasteiger partial charge in [-0.05, 0) is 65.2 Å². The van der Waals surface area contributed by atoms with E-state index in [0.29, 0.717) is 12.1 Å². The van der Waals surface area contributed by atoms with Crippen molar-refractivity contribution in [2.45, 2.75) is 20.4 Å². The summed E-state index contributed by atoms with van der Waals surface area (Å²) in [4.78, 5) is 12.8. The Labute approximate surface area is 192 Å². The van der Waals surface area contributed by atoms with Gasteiger partial charge in [0.1, 0.15) is 0 Å². The van der Waals surface area contributed by atoms with Crippen LogP contribution in [-0.4, -0.2) is 21.9 Å². The van der Waals surface area contributed by atoms with Crippen LogP contribution < -0.4 is 5.43 Å². The Hall–Kier alpha value is -4.25. The summed E-state index contributed by atoms with van der Waals surface area (Å²) in [6, 6.07) is 28.2. The minimum Gasteiger partial charge on any atom is -0.267 e. The van der Waals surface area contributed by atoms with E-state index in [4.69, 9.17) is 0 Å². The monoisotopic (exact) mass is 432 g/mol. The predicted molar refractivity (Wildman–Crippen MR) is 134 cm³/mol. The first-order valence-electron chi connectivity index (χ1n) is 10.9. The van der Waals surface area contributed by atoms with Gasteiger partial charge in [0, 0.05) is 16.8 Å². The number of nitrogens with one attached hydrogen (secondary N) is 1. The van der Waals surface area contributed by atoms with Crippen molar-refractivity contribution in [1.82, 2.24) is 15.2 Å². The van der Waals surface area contributed by atoms with E-state index in [2.05, 4.69) is 46.0 Å². The summed E-state index contributed by atoms with van der Waals surface area (Å²) in [7, 11) is 0. The van der Waals surface area contributed by atoms with Gasteiger partial charge in [-0.15, -0.1) is 0 Å². The van der Waals surface area contributed by atoms with Crippen LogP contribution >= 0.6 is 0 Å². The van der Waals surface area contributed by atoms with E-state index >= 15 is 0 Å². The summed E-state index contributed by atoms with van der Waals surface area (Å²) in [5, 5.41) is 13.3. The second-order valence-corrected chi connectivity index (χ2v) is 8.22. The Balaban J connectivity index is 1.39. The van der Waals surface area contributed by atoms with Gasteiger partial charge < -0.3 is 0 Å². The fourth-order valence-electron chi connectivity index (χ4n) is 4.23. The number of rotatable bonds is 5. The average molecular weight is 433 g/mol. The van der Waals surface area contributed by atoms with Crippen LogP contribution in [0.3, 0.4) is 0 Å². The van der Waals surface area contributed by atoms with Gasteiger partial charge in [0.25, 0.3) is 5.91 Å². The lowest BCUT2D eigenvalue weighted by molar-refractivity contribution is 0.0955. The highest BCUT2D eigenvalue weighted by molar-refractivity contribution is 6.13. The molecule has 0 saturated carbocycles. The van der Waals surface area contributed by atoms with Crippen LogP contribution in [0.25, 0.3) is 21.5 Å². The SMILES string of the molecule is Cc1cc(C)n(Cc2cccc(C(=O)NN=Cc3c4ccccc4cc4ccccc34)c2)n1. The standard InChI is InChI=1S/C28H24N4O/c1-19-14-20(2)32(31-19)18-21-8-7-11-24(15-21)28(33)30-29-17-27-25-12-5-3-9-22(25)16-23-10-4-6-13-26(23)27/h3-17H,18H2,1-2H3,(H,30,33). The molecule has 162 valence electrons. The van der Waals surface area contributed by atoms with E-state index in [9.17, 15) is 4.79 Å². The summed E-state index contributed by atoms with van der Waals surface area (Å²) in [6.07, 6.45) is 1.74. The molecule has 0 spiro atoms. The predicted octanol–water partition coefficient (Wildman–Crippen LogP) is 5.62. The molecule has 0 bridgehead atoms. The number of amides is 1. The molecule has 5 aromatic rings. The van der Waals surface area contributed by atoms with Crippen LogP contribution in [0.2, 0.25) is 0 Å². The minimum atomic E-state index is -0.244. The van der Waals surface area contributed by atoms with Gasteiger partial charge in [-0.2, -0.15) is 10.2 Å². The fourth-order valence-corrected chi connectivity index (χ4v) is 4.23. The topological polar surface area (TPSA) is 59.3 Å². The zero-order valence-corrected chi connectivity index (χ0v) is 18.6. The quantitative estimate of drug-likeness (QED) is 0.223. The van der Waals surface area contributed by atoms with Gasteiger partial charge in [-0.3, -0.25) is 9.48 Å². The Bertz CT molecular complexity index is 1460. The molecule has 0 atom stereocenters. The summed E-state index contributed by atoms with van der Waals surface area (Å²) in [6.45, 7) is 4.62. The molecule has 1 N–H and O–H groups in total. The third kappa shape index (κ3) is 4.26. The van der Waals surface area contributed by atoms with Crippen molar-refractivity contribution in [1.29, 1.82) is 0 Å². The van der Waals surface area contributed by atoms with Crippen molar-refractivity contribution in [3.63, 3.8) is 0 Å². The lowest BCUT2D eigenvalue weighted by Gasteiger charge is -2.08. The first kappa shape index (κ1) is 20.6. The molecule has 1 aromatic heterocycles. The van der Waals surface area contributed by atoms with Crippen molar-refractivity contribution in [2.75, 3.05) is 0 Å². The number of aromatic nitrogens is 2. The molecule has 0 aliphatic rings. The highest BCUT2D eigenvalue weighted by Crippen LogP contribution is 2.27. The summed E-state index contributed by atoms with van der Waals surface area (Å²) in [5.74, 6) is -0.244. The molecule has 1 amide bonds. The number of nitrogens with zero attached hydrogens (tertiary/aromatic N) is 3. The van der Waals surface area contributed by atoms with E-state index in [-0.39, 0.29) is 5.91 Å². The molecule has 5 nitrogen and oxygen atoms in total. The van der Waals surface area contributed by atoms with Crippen LogP contribution in [0.4, 0.5) is 0 Å². The van der Waals surface area contributed by atoms with Crippen LogP contribution in [0.15, 0.2) is 90.0 Å². The highest BCUT2D eigenvalue weighted by atomic mass is 16.2. The summed E-state index contributed by atoms with van der Waals surface area (Å²) in [5.41, 5.74) is 7.33. The molecular weight excluding hydrogens is 408 g/mol. The molecule has 33 heavy (non-hydrogen) atoms. The molecule has 0 aliphatic carbocycles. The Morgan fingerprint density at radius 1 is 0.909 bits per heavy atom. The lowest BCUT2D eigenvalue weighted by Crippen LogP contribution is -2.18.